The van der Waals surface area contributed by atoms with Gasteiger partial charge in [-0.3, -0.25) is 4.79 Å². The number of nitrogens with one attached hydrogen (secondary N) is 2. The Labute approximate surface area is 136 Å². The summed E-state index contributed by atoms with van der Waals surface area (Å²) in [5.41, 5.74) is 0.535. The quantitative estimate of drug-likeness (QED) is 0.493. The van der Waals surface area contributed by atoms with Gasteiger partial charge in [0.2, 0.25) is 0 Å². The second kappa shape index (κ2) is 8.12. The van der Waals surface area contributed by atoms with Gasteiger partial charge in [-0.15, -0.1) is 11.3 Å². The van der Waals surface area contributed by atoms with Crippen molar-refractivity contribution in [2.24, 2.45) is 4.99 Å². The zero-order valence-electron chi connectivity index (χ0n) is 14.2. The van der Waals surface area contributed by atoms with Crippen molar-refractivity contribution in [3.63, 3.8) is 0 Å². The Morgan fingerprint density at radius 1 is 1.32 bits per heavy atom. The Morgan fingerprint density at radius 3 is 2.50 bits per heavy atom. The number of thiazole rings is 1. The summed E-state index contributed by atoms with van der Waals surface area (Å²) in [7, 11) is 0. The molecule has 22 heavy (non-hydrogen) atoms. The number of hydrogen-bond donors (Lipinski definition) is 2. The van der Waals surface area contributed by atoms with Crippen LogP contribution in [0.25, 0.3) is 0 Å². The molecule has 0 saturated heterocycles. The zero-order valence-corrected chi connectivity index (χ0v) is 15.1. The van der Waals surface area contributed by atoms with Crippen molar-refractivity contribution in [1.29, 1.82) is 0 Å². The maximum Gasteiger partial charge on any atom is 0.328 e. The van der Waals surface area contributed by atoms with Crippen LogP contribution in [0, 0.1) is 13.8 Å². The van der Waals surface area contributed by atoms with Crippen molar-refractivity contribution < 1.29 is 9.53 Å². The number of aryl methyl sites for hydroxylation is 2. The van der Waals surface area contributed by atoms with Crippen LogP contribution in [-0.4, -0.2) is 35.6 Å². The number of nitrogens with zero attached hydrogens (tertiary/aromatic N) is 2. The molecule has 0 radical (unpaired) electrons. The van der Waals surface area contributed by atoms with Crippen LogP contribution in [0.2, 0.25) is 0 Å². The van der Waals surface area contributed by atoms with E-state index in [0.717, 1.165) is 17.2 Å². The molecule has 1 aromatic heterocycles. The number of guanidine groups is 1. The van der Waals surface area contributed by atoms with Crippen LogP contribution in [0.5, 0.6) is 0 Å². The Bertz CT molecular complexity index is 532. The van der Waals surface area contributed by atoms with Crippen molar-refractivity contribution in [1.82, 2.24) is 15.6 Å². The minimum absolute atomic E-state index is 0.00664. The molecule has 0 atom stereocenters. The van der Waals surface area contributed by atoms with Crippen molar-refractivity contribution in [3.05, 3.63) is 15.6 Å². The predicted octanol–water partition coefficient (Wildman–Crippen LogP) is 2.16. The molecule has 1 heterocycles. The molecule has 0 aliphatic carbocycles. The molecule has 1 aromatic rings. The summed E-state index contributed by atoms with van der Waals surface area (Å²) in [6, 6.07) is 0. The number of aromatic nitrogens is 1. The maximum absolute atomic E-state index is 11.7. The van der Waals surface area contributed by atoms with Crippen LogP contribution in [0.15, 0.2) is 4.99 Å². The molecule has 0 aliphatic rings. The SMILES string of the molecule is CCNC(=NCC(=O)OC(C)(C)C)NCc1sc(C)nc1C. The largest absolute Gasteiger partial charge is 0.459 e. The Hall–Kier alpha value is -1.63. The first-order valence-electron chi connectivity index (χ1n) is 7.38. The predicted molar refractivity (Wildman–Crippen MR) is 90.3 cm³/mol. The highest BCUT2D eigenvalue weighted by molar-refractivity contribution is 7.11. The van der Waals surface area contributed by atoms with E-state index < -0.39 is 5.60 Å². The molecular weight excluding hydrogens is 300 g/mol. The van der Waals surface area contributed by atoms with Gasteiger partial charge in [0.1, 0.15) is 12.1 Å². The summed E-state index contributed by atoms with van der Waals surface area (Å²) in [6.45, 7) is 12.8. The normalized spacial score (nSPS) is 12.2. The second-order valence-corrected chi connectivity index (χ2v) is 7.16. The molecule has 1 rings (SSSR count). The Kier molecular flexibility index (Phi) is 6.80. The van der Waals surface area contributed by atoms with Crippen LogP contribution < -0.4 is 10.6 Å². The highest BCUT2D eigenvalue weighted by Crippen LogP contribution is 2.16. The summed E-state index contributed by atoms with van der Waals surface area (Å²) in [4.78, 5) is 21.5. The standard InChI is InChI=1S/C15H26N4O2S/c1-7-16-14(18-9-13(20)21-15(4,5)6)17-8-12-10(2)19-11(3)22-12/h7-9H2,1-6H3,(H2,16,17,18). The van der Waals surface area contributed by atoms with Crippen LogP contribution >= 0.6 is 11.3 Å². The number of aliphatic imine (C=N–C) groups is 1. The minimum atomic E-state index is -0.490. The first kappa shape index (κ1) is 18.4. The summed E-state index contributed by atoms with van der Waals surface area (Å²) >= 11 is 1.66. The lowest BCUT2D eigenvalue weighted by Gasteiger charge is -2.19. The van der Waals surface area contributed by atoms with E-state index in [1.165, 1.54) is 4.88 Å². The summed E-state index contributed by atoms with van der Waals surface area (Å²) in [5, 5.41) is 7.37. The summed E-state index contributed by atoms with van der Waals surface area (Å²) < 4.78 is 5.24. The lowest BCUT2D eigenvalue weighted by atomic mass is 10.2. The van der Waals surface area contributed by atoms with Crippen molar-refractivity contribution in [2.75, 3.05) is 13.1 Å². The van der Waals surface area contributed by atoms with Crippen molar-refractivity contribution >= 4 is 23.3 Å². The third-order valence-electron chi connectivity index (χ3n) is 2.55. The van der Waals surface area contributed by atoms with Crippen LogP contribution in [0.4, 0.5) is 0 Å². The van der Waals surface area contributed by atoms with E-state index in [1.54, 1.807) is 11.3 Å². The first-order valence-corrected chi connectivity index (χ1v) is 8.20. The van der Waals surface area contributed by atoms with Gasteiger partial charge in [0.25, 0.3) is 0 Å². The monoisotopic (exact) mass is 326 g/mol. The van der Waals surface area contributed by atoms with E-state index in [-0.39, 0.29) is 12.5 Å². The number of rotatable bonds is 5. The highest BCUT2D eigenvalue weighted by atomic mass is 32.1. The zero-order chi connectivity index (χ0) is 16.8. The van der Waals surface area contributed by atoms with Gasteiger partial charge in [-0.2, -0.15) is 0 Å². The van der Waals surface area contributed by atoms with E-state index in [9.17, 15) is 4.79 Å². The van der Waals surface area contributed by atoms with E-state index in [1.807, 2.05) is 41.5 Å². The van der Waals surface area contributed by atoms with E-state index in [2.05, 4.69) is 20.6 Å². The minimum Gasteiger partial charge on any atom is -0.459 e. The third kappa shape index (κ3) is 6.89. The van der Waals surface area contributed by atoms with Gasteiger partial charge < -0.3 is 15.4 Å². The molecule has 0 aromatic carbocycles. The average molecular weight is 326 g/mol. The van der Waals surface area contributed by atoms with E-state index in [0.29, 0.717) is 12.5 Å². The van der Waals surface area contributed by atoms with Gasteiger partial charge in [-0.25, -0.2) is 9.98 Å². The third-order valence-corrected chi connectivity index (χ3v) is 3.62. The molecule has 0 fully saturated rings. The highest BCUT2D eigenvalue weighted by Gasteiger charge is 2.15. The molecule has 7 heteroatoms. The maximum atomic E-state index is 11.7. The number of carbonyl (C=O) groups is 1. The smallest absolute Gasteiger partial charge is 0.328 e. The van der Waals surface area contributed by atoms with Gasteiger partial charge >= 0.3 is 5.97 Å². The lowest BCUT2D eigenvalue weighted by molar-refractivity contribution is -0.152. The number of hydrogen-bond acceptors (Lipinski definition) is 5. The molecule has 0 bridgehead atoms. The molecule has 124 valence electrons. The van der Waals surface area contributed by atoms with Crippen molar-refractivity contribution in [2.45, 2.75) is 53.7 Å². The molecule has 0 spiro atoms. The Morgan fingerprint density at radius 2 is 2.00 bits per heavy atom. The molecule has 6 nitrogen and oxygen atoms in total. The van der Waals surface area contributed by atoms with Crippen molar-refractivity contribution in [3.8, 4) is 0 Å². The fourth-order valence-corrected chi connectivity index (χ4v) is 2.64. The van der Waals surface area contributed by atoms with Crippen LogP contribution in [0.1, 0.15) is 43.3 Å². The van der Waals surface area contributed by atoms with Crippen LogP contribution in [0.3, 0.4) is 0 Å². The fourth-order valence-electron chi connectivity index (χ4n) is 1.76. The Balaban J connectivity index is 2.59. The summed E-state index contributed by atoms with van der Waals surface area (Å²) in [5.74, 6) is 0.258. The summed E-state index contributed by atoms with van der Waals surface area (Å²) in [6.07, 6.45) is 0. The van der Waals surface area contributed by atoms with E-state index >= 15 is 0 Å². The van der Waals surface area contributed by atoms with Gasteiger partial charge in [0, 0.05) is 11.4 Å². The van der Waals surface area contributed by atoms with Gasteiger partial charge in [0.05, 0.1) is 17.2 Å². The molecule has 2 N–H and O–H groups in total. The topological polar surface area (TPSA) is 75.6 Å². The van der Waals surface area contributed by atoms with Gasteiger partial charge in [-0.05, 0) is 41.5 Å². The first-order chi connectivity index (χ1) is 10.2. The fraction of sp³-hybridized carbons (Fsp3) is 0.667. The van der Waals surface area contributed by atoms with Crippen LogP contribution in [-0.2, 0) is 16.1 Å². The molecule has 0 unspecified atom stereocenters. The number of ether oxygens (including phenoxy) is 1. The molecular formula is C15H26N4O2S. The number of carbonyl (C=O) groups excluding carboxylic acids is 1. The second-order valence-electron chi connectivity index (χ2n) is 5.88. The number of esters is 1. The molecule has 0 saturated carbocycles. The van der Waals surface area contributed by atoms with Gasteiger partial charge in [0.15, 0.2) is 5.96 Å². The molecule has 0 aliphatic heterocycles. The van der Waals surface area contributed by atoms with E-state index in [4.69, 9.17) is 4.74 Å². The molecule has 0 amide bonds. The average Bonchev–Trinajstić information content (AvgIpc) is 2.69. The lowest BCUT2D eigenvalue weighted by Crippen LogP contribution is -2.37. The van der Waals surface area contributed by atoms with Gasteiger partial charge in [-0.1, -0.05) is 0 Å².